The molecular weight excluding hydrogens is 260 g/mol. The minimum absolute atomic E-state index is 0.0702. The molecule has 2 atom stereocenters. The van der Waals surface area contributed by atoms with E-state index >= 15 is 0 Å². The van der Waals surface area contributed by atoms with E-state index in [1.807, 2.05) is 23.6 Å². The third-order valence-corrected chi connectivity index (χ3v) is 4.04. The summed E-state index contributed by atoms with van der Waals surface area (Å²) in [6, 6.07) is 0.0702. The first-order valence-electron chi connectivity index (χ1n) is 7.36. The van der Waals surface area contributed by atoms with Gasteiger partial charge in [-0.25, -0.2) is 4.79 Å². The molecule has 2 aliphatic heterocycles. The number of carbonyl (C=O) groups excluding carboxylic acids is 1. The Hall–Kier alpha value is -1.30. The number of likely N-dealkylation sites (tertiary alicyclic amines) is 1. The smallest absolute Gasteiger partial charge is 0.320 e. The van der Waals surface area contributed by atoms with Gasteiger partial charge in [0.25, 0.3) is 0 Å². The van der Waals surface area contributed by atoms with Crippen LogP contribution < -0.4 is 0 Å². The molecule has 2 fully saturated rings. The van der Waals surface area contributed by atoms with Crippen LogP contribution in [0.2, 0.25) is 0 Å². The fraction of sp³-hybridized carbons (Fsp3) is 0.857. The Labute approximate surface area is 119 Å². The largest absolute Gasteiger partial charge is 0.481 e. The van der Waals surface area contributed by atoms with Gasteiger partial charge < -0.3 is 19.6 Å². The van der Waals surface area contributed by atoms with Gasteiger partial charge in [-0.3, -0.25) is 4.79 Å². The second-order valence-corrected chi connectivity index (χ2v) is 5.97. The molecule has 0 spiro atoms. The number of piperidine rings is 1. The van der Waals surface area contributed by atoms with Crippen LogP contribution in [0.5, 0.6) is 0 Å². The van der Waals surface area contributed by atoms with Crippen LogP contribution in [0.1, 0.15) is 33.1 Å². The van der Waals surface area contributed by atoms with E-state index in [1.54, 1.807) is 0 Å². The van der Waals surface area contributed by atoms with E-state index in [0.29, 0.717) is 26.2 Å². The second-order valence-electron chi connectivity index (χ2n) is 5.97. The van der Waals surface area contributed by atoms with Gasteiger partial charge in [-0.2, -0.15) is 0 Å². The quantitative estimate of drug-likeness (QED) is 0.832. The van der Waals surface area contributed by atoms with Crippen LogP contribution in [-0.4, -0.2) is 65.3 Å². The summed E-state index contributed by atoms with van der Waals surface area (Å²) in [6.45, 7) is 6.56. The van der Waals surface area contributed by atoms with E-state index < -0.39 is 5.97 Å². The van der Waals surface area contributed by atoms with Crippen molar-refractivity contribution in [1.82, 2.24) is 9.80 Å². The van der Waals surface area contributed by atoms with Crippen molar-refractivity contribution in [1.29, 1.82) is 0 Å². The molecule has 6 heteroatoms. The number of hydrogen-bond acceptors (Lipinski definition) is 3. The highest BCUT2D eigenvalue weighted by molar-refractivity contribution is 5.74. The lowest BCUT2D eigenvalue weighted by Crippen LogP contribution is -2.54. The zero-order valence-corrected chi connectivity index (χ0v) is 12.2. The Morgan fingerprint density at radius 1 is 1.10 bits per heavy atom. The van der Waals surface area contributed by atoms with Crippen molar-refractivity contribution in [2.75, 3.05) is 26.2 Å². The van der Waals surface area contributed by atoms with E-state index in [1.165, 1.54) is 0 Å². The third-order valence-electron chi connectivity index (χ3n) is 4.04. The highest BCUT2D eigenvalue weighted by Gasteiger charge is 2.31. The maximum Gasteiger partial charge on any atom is 0.320 e. The first-order valence-corrected chi connectivity index (χ1v) is 7.36. The summed E-state index contributed by atoms with van der Waals surface area (Å²) < 4.78 is 5.64. The monoisotopic (exact) mass is 284 g/mol. The first-order chi connectivity index (χ1) is 9.45. The molecule has 2 rings (SSSR count). The van der Waals surface area contributed by atoms with Gasteiger partial charge in [-0.05, 0) is 32.6 Å². The summed E-state index contributed by atoms with van der Waals surface area (Å²) in [5, 5.41) is 8.80. The van der Waals surface area contributed by atoms with Gasteiger partial charge >= 0.3 is 12.0 Å². The van der Waals surface area contributed by atoms with Gasteiger partial charge in [-0.15, -0.1) is 0 Å². The highest BCUT2D eigenvalue weighted by Crippen LogP contribution is 2.22. The summed E-state index contributed by atoms with van der Waals surface area (Å²) in [5.41, 5.74) is 0. The van der Waals surface area contributed by atoms with Crippen molar-refractivity contribution in [2.45, 2.75) is 45.3 Å². The molecule has 0 saturated carbocycles. The van der Waals surface area contributed by atoms with Crippen molar-refractivity contribution < 1.29 is 19.4 Å². The van der Waals surface area contributed by atoms with Crippen molar-refractivity contribution in [2.24, 2.45) is 5.92 Å². The molecule has 0 aliphatic carbocycles. The lowest BCUT2D eigenvalue weighted by atomic mass is 9.94. The number of carboxylic acids is 1. The SMILES string of the molecule is C[C@@H]1CN(C(=O)N2CCC(CC(=O)O)CC2)C[C@H](C)O1. The average molecular weight is 284 g/mol. The number of amides is 2. The van der Waals surface area contributed by atoms with E-state index in [-0.39, 0.29) is 30.6 Å². The molecule has 0 unspecified atom stereocenters. The second kappa shape index (κ2) is 6.43. The predicted molar refractivity (Wildman–Crippen MR) is 73.5 cm³/mol. The summed E-state index contributed by atoms with van der Waals surface area (Å²) in [6.07, 6.45) is 1.94. The van der Waals surface area contributed by atoms with Crippen LogP contribution in [-0.2, 0) is 9.53 Å². The number of carboxylic acid groups (broad SMARTS) is 1. The van der Waals surface area contributed by atoms with Crippen LogP contribution in [0.4, 0.5) is 4.79 Å². The molecule has 0 radical (unpaired) electrons. The van der Waals surface area contributed by atoms with E-state index in [9.17, 15) is 9.59 Å². The summed E-state index contributed by atoms with van der Waals surface area (Å²) in [7, 11) is 0. The fourth-order valence-electron chi connectivity index (χ4n) is 3.11. The van der Waals surface area contributed by atoms with E-state index in [4.69, 9.17) is 9.84 Å². The van der Waals surface area contributed by atoms with Gasteiger partial charge in [0.1, 0.15) is 0 Å². The lowest BCUT2D eigenvalue weighted by Gasteiger charge is -2.40. The van der Waals surface area contributed by atoms with E-state index in [2.05, 4.69) is 0 Å². The Balaban J connectivity index is 1.83. The maximum absolute atomic E-state index is 12.5. The zero-order valence-electron chi connectivity index (χ0n) is 12.2. The predicted octanol–water partition coefficient (Wildman–Crippen LogP) is 1.40. The number of morpholine rings is 1. The number of rotatable bonds is 2. The van der Waals surface area contributed by atoms with Crippen molar-refractivity contribution in [3.05, 3.63) is 0 Å². The average Bonchev–Trinajstić information content (AvgIpc) is 2.37. The summed E-state index contributed by atoms with van der Waals surface area (Å²) >= 11 is 0. The van der Waals surface area contributed by atoms with Crippen molar-refractivity contribution >= 4 is 12.0 Å². The van der Waals surface area contributed by atoms with Crippen LogP contribution >= 0.6 is 0 Å². The number of hydrogen-bond donors (Lipinski definition) is 1. The Bertz CT molecular complexity index is 356. The number of nitrogens with zero attached hydrogens (tertiary/aromatic N) is 2. The Morgan fingerprint density at radius 3 is 2.15 bits per heavy atom. The molecule has 114 valence electrons. The summed E-state index contributed by atoms with van der Waals surface area (Å²) in [5.74, 6) is -0.537. The zero-order chi connectivity index (χ0) is 14.7. The highest BCUT2D eigenvalue weighted by atomic mass is 16.5. The molecule has 2 heterocycles. The minimum atomic E-state index is -0.745. The number of carbonyl (C=O) groups is 2. The summed E-state index contributed by atoms with van der Waals surface area (Å²) in [4.78, 5) is 26.9. The molecule has 0 bridgehead atoms. The molecule has 0 aromatic rings. The first kappa shape index (κ1) is 15.1. The fourth-order valence-corrected chi connectivity index (χ4v) is 3.11. The Kier molecular flexibility index (Phi) is 4.86. The number of ether oxygens (including phenoxy) is 1. The Morgan fingerprint density at radius 2 is 1.65 bits per heavy atom. The topological polar surface area (TPSA) is 70.1 Å². The molecule has 1 N–H and O–H groups in total. The standard InChI is InChI=1S/C14H24N2O4/c1-10-8-16(9-11(2)20-10)14(19)15-5-3-12(4-6-15)7-13(17)18/h10-12H,3-9H2,1-2H3,(H,17,18)/t10-,11+. The molecule has 2 aliphatic rings. The van der Waals surface area contributed by atoms with Crippen LogP contribution in [0.25, 0.3) is 0 Å². The van der Waals surface area contributed by atoms with Gasteiger partial charge in [0.15, 0.2) is 0 Å². The third kappa shape index (κ3) is 3.85. The number of urea groups is 1. The molecule has 6 nitrogen and oxygen atoms in total. The van der Waals surface area contributed by atoms with Crippen LogP contribution in [0.15, 0.2) is 0 Å². The van der Waals surface area contributed by atoms with Gasteiger partial charge in [0, 0.05) is 32.6 Å². The van der Waals surface area contributed by atoms with Gasteiger partial charge in [0.05, 0.1) is 12.2 Å². The molecule has 2 amide bonds. The van der Waals surface area contributed by atoms with E-state index in [0.717, 1.165) is 12.8 Å². The molecule has 2 saturated heterocycles. The van der Waals surface area contributed by atoms with Crippen molar-refractivity contribution in [3.8, 4) is 0 Å². The molecule has 20 heavy (non-hydrogen) atoms. The maximum atomic E-state index is 12.5. The molecule has 0 aromatic carbocycles. The molecular formula is C14H24N2O4. The normalized spacial score (nSPS) is 28.5. The van der Waals surface area contributed by atoms with Crippen LogP contribution in [0.3, 0.4) is 0 Å². The minimum Gasteiger partial charge on any atom is -0.481 e. The van der Waals surface area contributed by atoms with Crippen molar-refractivity contribution in [3.63, 3.8) is 0 Å². The van der Waals surface area contributed by atoms with Gasteiger partial charge in [-0.1, -0.05) is 0 Å². The number of aliphatic carboxylic acids is 1. The molecule has 0 aromatic heterocycles. The van der Waals surface area contributed by atoms with Gasteiger partial charge in [0.2, 0.25) is 0 Å². The van der Waals surface area contributed by atoms with Crippen LogP contribution in [0, 0.1) is 5.92 Å². The lowest BCUT2D eigenvalue weighted by molar-refractivity contribution is -0.138.